The van der Waals surface area contributed by atoms with Gasteiger partial charge in [-0.3, -0.25) is 4.79 Å². The maximum atomic E-state index is 13.0. The molecule has 4 heterocycles. The fourth-order valence-electron chi connectivity index (χ4n) is 6.78. The normalized spacial score (nSPS) is 27.7. The van der Waals surface area contributed by atoms with Crippen LogP contribution in [0.2, 0.25) is 11.6 Å². The Morgan fingerprint density at radius 3 is 2.51 bits per heavy atom. The molecule has 1 aromatic rings. The minimum Gasteiger partial charge on any atom is -0.496 e. The van der Waals surface area contributed by atoms with Crippen LogP contribution >= 0.6 is 0 Å². The van der Waals surface area contributed by atoms with E-state index in [1.54, 1.807) is 12.1 Å². The molecule has 8 nitrogen and oxygen atoms in total. The Balaban J connectivity index is 1.59. The molecule has 1 amide bonds. The molecule has 39 heavy (non-hydrogen) atoms. The van der Waals surface area contributed by atoms with E-state index in [-0.39, 0.29) is 29.5 Å². The number of Topliss-reactive ketones (excluding diaryl/α,β-unsaturated/α-hetero) is 1. The van der Waals surface area contributed by atoms with Crippen LogP contribution in [0.1, 0.15) is 90.1 Å². The van der Waals surface area contributed by atoms with Gasteiger partial charge in [0.05, 0.1) is 24.8 Å². The minimum atomic E-state index is -0.653. The van der Waals surface area contributed by atoms with Gasteiger partial charge in [-0.05, 0) is 65.0 Å². The van der Waals surface area contributed by atoms with Crippen LogP contribution < -0.4 is 10.1 Å². The second-order valence-corrected chi connectivity index (χ2v) is 13.3. The molecule has 1 aromatic carbocycles. The van der Waals surface area contributed by atoms with Gasteiger partial charge in [0.1, 0.15) is 22.7 Å². The number of esters is 1. The molecule has 4 saturated heterocycles. The predicted octanol–water partition coefficient (Wildman–Crippen LogP) is 4.79. The van der Waals surface area contributed by atoms with E-state index in [4.69, 9.17) is 18.9 Å². The van der Waals surface area contributed by atoms with Gasteiger partial charge < -0.3 is 29.1 Å². The van der Waals surface area contributed by atoms with Gasteiger partial charge >= 0.3 is 5.97 Å². The van der Waals surface area contributed by atoms with Crippen molar-refractivity contribution in [2.75, 3.05) is 7.11 Å². The topological polar surface area (TPSA) is 100 Å². The summed E-state index contributed by atoms with van der Waals surface area (Å²) in [5, 5.41) is 3.32. The van der Waals surface area contributed by atoms with Crippen LogP contribution in [0, 0.1) is 5.92 Å². The molecular weight excluding hydrogens is 497 g/mol. The molecule has 4 aliphatic rings. The Bertz CT molecular complexity index is 1110. The van der Waals surface area contributed by atoms with Crippen LogP contribution in [-0.4, -0.2) is 61.0 Å². The first kappa shape index (κ1) is 29.6. The molecule has 1 N–H and O–H groups in total. The zero-order chi connectivity index (χ0) is 28.8. The van der Waals surface area contributed by atoms with Crippen LogP contribution in [0.15, 0.2) is 18.2 Å². The van der Waals surface area contributed by atoms with E-state index in [1.807, 2.05) is 26.8 Å². The molecule has 4 fully saturated rings. The van der Waals surface area contributed by atoms with Crippen LogP contribution in [0.5, 0.6) is 5.75 Å². The number of ketones is 1. The summed E-state index contributed by atoms with van der Waals surface area (Å²) < 4.78 is 24.6. The molecule has 5 unspecified atom stereocenters. The molecule has 5 atom stereocenters. The van der Waals surface area contributed by atoms with Crippen molar-refractivity contribution in [3.05, 3.63) is 29.3 Å². The van der Waals surface area contributed by atoms with Gasteiger partial charge in [-0.25, -0.2) is 4.79 Å². The Kier molecular flexibility index (Phi) is 8.26. The second kappa shape index (κ2) is 10.9. The molecule has 0 aliphatic carbocycles. The lowest BCUT2D eigenvalue weighted by molar-refractivity contribution is -0.129. The van der Waals surface area contributed by atoms with Crippen molar-refractivity contribution >= 4 is 24.4 Å². The number of ether oxygens (including phenoxy) is 4. The highest BCUT2D eigenvalue weighted by molar-refractivity contribution is 6.69. The lowest BCUT2D eigenvalue weighted by Crippen LogP contribution is -2.69. The standard InChI is InChI=1S/C30H44BNO7/c1-18(33)11-9-14-24(34)32-22(27-37-23-16-20-17-31(29(20,5)6)30(23,7)39-27)15-19-12-10-13-21(25(19)36-8)26(35)38-28(2,3)4/h10,12-13,20,22-23,27H,9,11,14-17H2,1-8H3,(H,32,34). The average Bonchev–Trinajstić information content (AvgIpc) is 3.19. The summed E-state index contributed by atoms with van der Waals surface area (Å²) in [6.07, 6.45) is 2.79. The number of benzene rings is 1. The van der Waals surface area contributed by atoms with Crippen molar-refractivity contribution in [2.24, 2.45) is 5.92 Å². The number of hydrogen-bond acceptors (Lipinski definition) is 7. The quantitative estimate of drug-likeness (QED) is 0.336. The molecule has 4 aliphatic heterocycles. The first-order valence-corrected chi connectivity index (χ1v) is 14.2. The SMILES string of the molecule is COc1c(CC(NC(=O)CCCC(C)=O)C2OC3CC4CB(C4(C)C)C3(C)O2)cccc1C(=O)OC(C)(C)C. The van der Waals surface area contributed by atoms with E-state index in [9.17, 15) is 14.4 Å². The molecule has 5 rings (SSSR count). The molecule has 214 valence electrons. The summed E-state index contributed by atoms with van der Waals surface area (Å²) in [4.78, 5) is 37.3. The van der Waals surface area contributed by atoms with E-state index in [0.29, 0.717) is 43.2 Å². The summed E-state index contributed by atoms with van der Waals surface area (Å²) in [6.45, 7) is 14.1. The van der Waals surface area contributed by atoms with Crippen molar-refractivity contribution in [3.63, 3.8) is 0 Å². The third kappa shape index (κ3) is 6.04. The maximum absolute atomic E-state index is 13.0. The minimum absolute atomic E-state index is 0.0358. The summed E-state index contributed by atoms with van der Waals surface area (Å²) >= 11 is 0. The molecule has 9 heteroatoms. The monoisotopic (exact) mass is 541 g/mol. The highest BCUT2D eigenvalue weighted by Gasteiger charge is 2.70. The molecule has 0 aromatic heterocycles. The van der Waals surface area contributed by atoms with Crippen LogP contribution in [0.25, 0.3) is 0 Å². The number of carbonyl (C=O) groups excluding carboxylic acids is 3. The lowest BCUT2D eigenvalue weighted by atomic mass is 9.10. The van der Waals surface area contributed by atoms with Crippen LogP contribution in [-0.2, 0) is 30.2 Å². The zero-order valence-corrected chi connectivity index (χ0v) is 24.7. The van der Waals surface area contributed by atoms with Crippen molar-refractivity contribution in [2.45, 2.75) is 122 Å². The number of nitrogens with one attached hydrogen (secondary N) is 1. The number of methoxy groups -OCH3 is 1. The highest BCUT2D eigenvalue weighted by atomic mass is 16.7. The Hall–Kier alpha value is -2.39. The van der Waals surface area contributed by atoms with E-state index < -0.39 is 29.4 Å². The number of amides is 1. The van der Waals surface area contributed by atoms with E-state index in [1.165, 1.54) is 14.0 Å². The van der Waals surface area contributed by atoms with Gasteiger partial charge in [0.25, 0.3) is 0 Å². The fourth-order valence-corrected chi connectivity index (χ4v) is 6.78. The second-order valence-electron chi connectivity index (χ2n) is 13.3. The third-order valence-corrected chi connectivity index (χ3v) is 8.94. The fraction of sp³-hybridized carbons (Fsp3) is 0.700. The first-order chi connectivity index (χ1) is 18.2. The molecular formula is C30H44BNO7. The van der Waals surface area contributed by atoms with E-state index in [2.05, 4.69) is 26.1 Å². The smallest absolute Gasteiger partial charge is 0.342 e. The molecule has 0 spiro atoms. The van der Waals surface area contributed by atoms with Crippen molar-refractivity contribution in [1.29, 1.82) is 0 Å². The van der Waals surface area contributed by atoms with Gasteiger partial charge in [0, 0.05) is 19.3 Å². The zero-order valence-electron chi connectivity index (χ0n) is 24.7. The maximum Gasteiger partial charge on any atom is 0.342 e. The van der Waals surface area contributed by atoms with Crippen molar-refractivity contribution < 1.29 is 33.3 Å². The van der Waals surface area contributed by atoms with Gasteiger partial charge in [-0.2, -0.15) is 0 Å². The van der Waals surface area contributed by atoms with E-state index in [0.717, 1.165) is 18.3 Å². The lowest BCUT2D eigenvalue weighted by Gasteiger charge is -2.62. The summed E-state index contributed by atoms with van der Waals surface area (Å²) in [5.41, 5.74) is -0.0111. The number of para-hydroxylation sites is 1. The Morgan fingerprint density at radius 1 is 1.18 bits per heavy atom. The van der Waals surface area contributed by atoms with Gasteiger partial charge in [-0.15, -0.1) is 0 Å². The molecule has 0 saturated carbocycles. The van der Waals surface area contributed by atoms with E-state index >= 15 is 0 Å². The first-order valence-electron chi connectivity index (χ1n) is 14.2. The van der Waals surface area contributed by atoms with Gasteiger partial charge in [0.15, 0.2) is 13.0 Å². The van der Waals surface area contributed by atoms with Crippen molar-refractivity contribution in [1.82, 2.24) is 5.32 Å². The predicted molar refractivity (Wildman–Crippen MR) is 149 cm³/mol. The number of rotatable bonds is 10. The van der Waals surface area contributed by atoms with Crippen LogP contribution in [0.3, 0.4) is 0 Å². The largest absolute Gasteiger partial charge is 0.496 e. The number of hydrogen-bond donors (Lipinski definition) is 1. The Morgan fingerprint density at radius 2 is 1.90 bits per heavy atom. The van der Waals surface area contributed by atoms with Crippen molar-refractivity contribution in [3.8, 4) is 5.75 Å². The van der Waals surface area contributed by atoms with Gasteiger partial charge in [0.2, 0.25) is 5.91 Å². The summed E-state index contributed by atoms with van der Waals surface area (Å²) in [5.74, 6) is 0.435. The average molecular weight is 541 g/mol. The van der Waals surface area contributed by atoms with Gasteiger partial charge in [-0.1, -0.05) is 37.6 Å². The molecule has 0 radical (unpaired) electrons. The highest BCUT2D eigenvalue weighted by Crippen LogP contribution is 2.65. The summed E-state index contributed by atoms with van der Waals surface area (Å²) in [6, 6.07) is 4.84. The van der Waals surface area contributed by atoms with Crippen LogP contribution in [0.4, 0.5) is 0 Å². The number of carbonyl (C=O) groups is 3. The third-order valence-electron chi connectivity index (χ3n) is 8.94. The Labute approximate surface area is 232 Å². The summed E-state index contributed by atoms with van der Waals surface area (Å²) in [7, 11) is 1.52. The molecule has 2 bridgehead atoms.